The molecule has 6 nitrogen and oxygen atoms in total. The monoisotopic (exact) mass is 463 g/mol. The number of nitrogens with zero attached hydrogens (tertiary/aromatic N) is 1. The van der Waals surface area contributed by atoms with Crippen molar-refractivity contribution in [1.82, 2.24) is 4.90 Å². The van der Waals surface area contributed by atoms with E-state index in [1.807, 2.05) is 0 Å². The molecule has 1 saturated carbocycles. The van der Waals surface area contributed by atoms with Crippen LogP contribution in [0.3, 0.4) is 0 Å². The summed E-state index contributed by atoms with van der Waals surface area (Å²) in [6, 6.07) is 13.2. The molecule has 2 aromatic rings. The molecule has 2 aliphatic heterocycles. The molecule has 7 heteroatoms. The van der Waals surface area contributed by atoms with Crippen LogP contribution in [0.4, 0.5) is 0 Å². The van der Waals surface area contributed by atoms with Gasteiger partial charge in [0.1, 0.15) is 0 Å². The van der Waals surface area contributed by atoms with Gasteiger partial charge < -0.3 is 4.74 Å². The van der Waals surface area contributed by atoms with Crippen molar-refractivity contribution < 1.29 is 23.9 Å². The lowest BCUT2D eigenvalue weighted by Gasteiger charge is -2.33. The van der Waals surface area contributed by atoms with Gasteiger partial charge in [-0.15, -0.1) is 0 Å². The lowest BCUT2D eigenvalue weighted by molar-refractivity contribution is -0.148. The highest BCUT2D eigenvalue weighted by Gasteiger charge is 2.75. The second-order valence-corrected chi connectivity index (χ2v) is 9.75. The highest BCUT2D eigenvalue weighted by molar-refractivity contribution is 6.35. The van der Waals surface area contributed by atoms with Gasteiger partial charge in [-0.05, 0) is 18.9 Å². The Balaban J connectivity index is 1.52. The van der Waals surface area contributed by atoms with Crippen molar-refractivity contribution in [3.8, 4) is 0 Å². The van der Waals surface area contributed by atoms with E-state index in [-0.39, 0.29) is 23.1 Å². The van der Waals surface area contributed by atoms with Crippen LogP contribution in [0.1, 0.15) is 64.5 Å². The first-order valence-corrected chi connectivity index (χ1v) is 11.8. The molecule has 2 aliphatic carbocycles. The molecule has 2 aromatic carbocycles. The third kappa shape index (κ3) is 2.65. The second-order valence-electron chi connectivity index (χ2n) is 9.34. The zero-order valence-electron chi connectivity index (χ0n) is 17.8. The van der Waals surface area contributed by atoms with Crippen LogP contribution in [-0.2, 0) is 14.3 Å². The second kappa shape index (κ2) is 7.34. The number of imide groups is 1. The lowest BCUT2D eigenvalue weighted by atomic mass is 9.77. The van der Waals surface area contributed by atoms with Crippen molar-refractivity contribution in [3.05, 3.63) is 70.2 Å². The summed E-state index contributed by atoms with van der Waals surface area (Å²) < 4.78 is 6.28. The minimum atomic E-state index is -2.03. The highest BCUT2D eigenvalue weighted by atomic mass is 35.5. The van der Waals surface area contributed by atoms with Gasteiger partial charge in [0.05, 0.1) is 17.9 Å². The van der Waals surface area contributed by atoms with Gasteiger partial charge in [0.25, 0.3) is 0 Å². The van der Waals surface area contributed by atoms with Gasteiger partial charge in [-0.25, -0.2) is 0 Å². The van der Waals surface area contributed by atoms with Crippen LogP contribution in [0.15, 0.2) is 48.5 Å². The molecule has 0 N–H and O–H groups in total. The Labute approximate surface area is 195 Å². The van der Waals surface area contributed by atoms with Crippen LogP contribution in [0.2, 0.25) is 5.02 Å². The van der Waals surface area contributed by atoms with Gasteiger partial charge in [0.15, 0.2) is 0 Å². The van der Waals surface area contributed by atoms with Crippen molar-refractivity contribution in [2.75, 3.05) is 0 Å². The van der Waals surface area contributed by atoms with E-state index in [4.69, 9.17) is 16.3 Å². The Morgan fingerprint density at radius 2 is 1.42 bits per heavy atom. The average Bonchev–Trinajstić information content (AvgIpc) is 3.40. The van der Waals surface area contributed by atoms with Crippen LogP contribution in [0, 0.1) is 11.8 Å². The first-order valence-electron chi connectivity index (χ1n) is 11.4. The summed E-state index contributed by atoms with van der Waals surface area (Å²) in [5.41, 5.74) is -1.06. The molecule has 2 saturated heterocycles. The first-order chi connectivity index (χ1) is 16.0. The number of ether oxygens (including phenoxy) is 1. The Bertz CT molecular complexity index is 1180. The molecule has 3 fully saturated rings. The summed E-state index contributed by atoms with van der Waals surface area (Å²) in [6.45, 7) is 0. The third-order valence-electron chi connectivity index (χ3n) is 7.70. The van der Waals surface area contributed by atoms with Crippen LogP contribution in [0.5, 0.6) is 0 Å². The normalized spacial score (nSPS) is 28.6. The topological polar surface area (TPSA) is 80.8 Å². The summed E-state index contributed by atoms with van der Waals surface area (Å²) in [7, 11) is 0. The number of benzene rings is 2. The molecule has 0 unspecified atom stereocenters. The molecule has 0 radical (unpaired) electrons. The van der Waals surface area contributed by atoms with Gasteiger partial charge in [-0.3, -0.25) is 24.1 Å². The molecule has 168 valence electrons. The third-order valence-corrected chi connectivity index (χ3v) is 8.05. The van der Waals surface area contributed by atoms with E-state index in [9.17, 15) is 19.2 Å². The van der Waals surface area contributed by atoms with Gasteiger partial charge >= 0.3 is 0 Å². The van der Waals surface area contributed by atoms with Crippen molar-refractivity contribution in [1.29, 1.82) is 0 Å². The molecule has 3 atom stereocenters. The van der Waals surface area contributed by atoms with Crippen molar-refractivity contribution in [3.63, 3.8) is 0 Å². The number of fused-ring (bicyclic) bond motifs is 3. The summed E-state index contributed by atoms with van der Waals surface area (Å²) in [5.74, 6) is -4.09. The zero-order chi connectivity index (χ0) is 22.9. The molecular formula is C26H22ClNO5. The first kappa shape index (κ1) is 20.8. The van der Waals surface area contributed by atoms with Gasteiger partial charge in [0, 0.05) is 27.8 Å². The molecule has 0 bridgehead atoms. The van der Waals surface area contributed by atoms with E-state index in [1.165, 1.54) is 4.90 Å². The number of carbonyl (C=O) groups excluding carboxylic acids is 4. The number of carbonyl (C=O) groups is 4. The number of amides is 2. The van der Waals surface area contributed by atoms with E-state index in [1.54, 1.807) is 48.5 Å². The Kier molecular flexibility index (Phi) is 4.61. The largest absolute Gasteiger partial charge is 0.349 e. The zero-order valence-corrected chi connectivity index (χ0v) is 18.6. The Hall–Kier alpha value is -2.83. The number of hydrogen-bond donors (Lipinski definition) is 0. The van der Waals surface area contributed by atoms with E-state index in [2.05, 4.69) is 0 Å². The van der Waals surface area contributed by atoms with Crippen molar-refractivity contribution in [2.24, 2.45) is 11.8 Å². The van der Waals surface area contributed by atoms with Crippen molar-refractivity contribution >= 4 is 35.0 Å². The standard InChI is InChI=1S/C26H22ClNO5/c27-18-13-7-6-12-17(18)21-19-20(25(32)28(24(19)31)14-8-2-1-3-9-14)26(33-21)22(29)15-10-4-5-11-16(15)23(26)30/h4-7,10-14,19-21H,1-3,8-9H2/t19-,20+,21-/m1/s1. The average molecular weight is 464 g/mol. The van der Waals surface area contributed by atoms with Gasteiger partial charge in [-0.1, -0.05) is 73.3 Å². The molecule has 2 heterocycles. The molecule has 6 rings (SSSR count). The maximum absolute atomic E-state index is 13.8. The minimum Gasteiger partial charge on any atom is -0.349 e. The molecular weight excluding hydrogens is 442 g/mol. The maximum atomic E-state index is 13.8. The number of ketones is 2. The van der Waals surface area contributed by atoms with E-state index in [0.717, 1.165) is 32.1 Å². The van der Waals surface area contributed by atoms with Crippen LogP contribution in [-0.4, -0.2) is 39.9 Å². The SMILES string of the molecule is O=C1[C@H]2[C@@H](c3ccccc3Cl)OC3(C(=O)c4ccccc4C3=O)[C@@H]2C(=O)N1C1CCCCC1. The van der Waals surface area contributed by atoms with Crippen molar-refractivity contribution in [2.45, 2.75) is 49.9 Å². The Morgan fingerprint density at radius 1 is 0.818 bits per heavy atom. The van der Waals surface area contributed by atoms with Crippen LogP contribution in [0.25, 0.3) is 0 Å². The molecule has 4 aliphatic rings. The number of likely N-dealkylation sites (tertiary alicyclic amines) is 1. The van der Waals surface area contributed by atoms with E-state index < -0.39 is 41.0 Å². The van der Waals surface area contributed by atoms with Crippen LogP contribution >= 0.6 is 11.6 Å². The predicted molar refractivity (Wildman–Crippen MR) is 119 cm³/mol. The number of hydrogen-bond acceptors (Lipinski definition) is 5. The molecule has 33 heavy (non-hydrogen) atoms. The quantitative estimate of drug-likeness (QED) is 0.493. The van der Waals surface area contributed by atoms with E-state index in [0.29, 0.717) is 10.6 Å². The maximum Gasteiger partial charge on any atom is 0.237 e. The van der Waals surface area contributed by atoms with Crippen LogP contribution < -0.4 is 0 Å². The molecule has 0 aromatic heterocycles. The predicted octanol–water partition coefficient (Wildman–Crippen LogP) is 4.16. The number of halogens is 1. The minimum absolute atomic E-state index is 0.206. The summed E-state index contributed by atoms with van der Waals surface area (Å²) in [5, 5.41) is 0.366. The smallest absolute Gasteiger partial charge is 0.237 e. The highest BCUT2D eigenvalue weighted by Crippen LogP contribution is 2.58. The lowest BCUT2D eigenvalue weighted by Crippen LogP contribution is -2.52. The molecule has 1 spiro atoms. The summed E-state index contributed by atoms with van der Waals surface area (Å²) in [4.78, 5) is 56.4. The fourth-order valence-corrected chi connectivity index (χ4v) is 6.47. The number of rotatable bonds is 2. The van der Waals surface area contributed by atoms with Gasteiger partial charge in [-0.2, -0.15) is 0 Å². The fraction of sp³-hybridized carbons (Fsp3) is 0.385. The van der Waals surface area contributed by atoms with E-state index >= 15 is 0 Å². The molecule has 2 amide bonds. The van der Waals surface area contributed by atoms with Gasteiger partial charge in [0.2, 0.25) is 29.0 Å². The summed E-state index contributed by atoms with van der Waals surface area (Å²) in [6.07, 6.45) is 3.47. The Morgan fingerprint density at radius 3 is 2.06 bits per heavy atom. The summed E-state index contributed by atoms with van der Waals surface area (Å²) >= 11 is 6.46. The number of Topliss-reactive ketones (excluding diaryl/α,β-unsaturated/α-hetero) is 2. The fourth-order valence-electron chi connectivity index (χ4n) is 6.23.